The number of hydrazine groups is 1. The molecule has 2 aliphatic carbocycles. The van der Waals surface area contributed by atoms with E-state index in [9.17, 15) is 26.7 Å². The first-order valence-electron chi connectivity index (χ1n) is 11.7. The van der Waals surface area contributed by atoms with Gasteiger partial charge in [-0.15, -0.1) is 0 Å². The van der Waals surface area contributed by atoms with Crippen molar-refractivity contribution in [2.75, 3.05) is 24.7 Å². The molecule has 2 N–H and O–H groups in total. The van der Waals surface area contributed by atoms with Gasteiger partial charge in [-0.05, 0) is 72.9 Å². The molecule has 1 aliphatic heterocycles. The summed E-state index contributed by atoms with van der Waals surface area (Å²) in [6, 6.07) is 8.70. The molecule has 190 valence electrons. The van der Waals surface area contributed by atoms with Crippen LogP contribution in [-0.2, 0) is 10.0 Å². The summed E-state index contributed by atoms with van der Waals surface area (Å²) in [6.07, 6.45) is 5.48. The number of nitrogens with one attached hydrogen (secondary N) is 1. The minimum Gasteiger partial charge on any atom is -0.395 e. The molecule has 5 rings (SSSR count). The van der Waals surface area contributed by atoms with E-state index in [0.717, 1.165) is 57.4 Å². The Kier molecular flexibility index (Phi) is 6.44. The Labute approximate surface area is 208 Å². The summed E-state index contributed by atoms with van der Waals surface area (Å²) in [7, 11) is -4.15. The third-order valence-electron chi connectivity index (χ3n) is 7.09. The van der Waals surface area contributed by atoms with Crippen LogP contribution in [0.1, 0.15) is 19.8 Å². The van der Waals surface area contributed by atoms with Crippen molar-refractivity contribution in [3.05, 3.63) is 94.6 Å². The van der Waals surface area contributed by atoms with Crippen LogP contribution in [0.3, 0.4) is 0 Å². The number of halogens is 3. The van der Waals surface area contributed by atoms with Gasteiger partial charge >= 0.3 is 0 Å². The van der Waals surface area contributed by atoms with Crippen molar-refractivity contribution in [2.24, 2.45) is 11.8 Å². The smallest absolute Gasteiger partial charge is 0.243 e. The van der Waals surface area contributed by atoms with Gasteiger partial charge in [-0.3, -0.25) is 5.01 Å². The van der Waals surface area contributed by atoms with Gasteiger partial charge in [0.2, 0.25) is 10.0 Å². The zero-order valence-corrected chi connectivity index (χ0v) is 20.4. The Balaban J connectivity index is 1.43. The fourth-order valence-corrected chi connectivity index (χ4v) is 6.85. The van der Waals surface area contributed by atoms with Crippen molar-refractivity contribution in [1.82, 2.24) is 9.73 Å². The van der Waals surface area contributed by atoms with Crippen molar-refractivity contribution in [1.29, 1.82) is 0 Å². The number of fused-ring (bicyclic) bond motifs is 1. The van der Waals surface area contributed by atoms with E-state index in [1.165, 1.54) is 12.1 Å². The highest BCUT2D eigenvalue weighted by Gasteiger charge is 2.40. The molecule has 2 aromatic rings. The lowest BCUT2D eigenvalue weighted by atomic mass is 9.80. The Bertz CT molecular complexity index is 1390. The number of nitrogens with zero attached hydrogens (tertiary/aromatic N) is 2. The van der Waals surface area contributed by atoms with E-state index < -0.39 is 28.3 Å². The Morgan fingerprint density at radius 3 is 2.56 bits per heavy atom. The minimum absolute atomic E-state index is 0.00685. The van der Waals surface area contributed by atoms with Crippen LogP contribution in [0.2, 0.25) is 0 Å². The molecule has 0 spiro atoms. The van der Waals surface area contributed by atoms with Crippen LogP contribution in [0.4, 0.5) is 18.9 Å². The van der Waals surface area contributed by atoms with Crippen molar-refractivity contribution < 1.29 is 26.7 Å². The predicted molar refractivity (Wildman–Crippen MR) is 129 cm³/mol. The molecule has 2 aromatic carbocycles. The second-order valence-corrected chi connectivity index (χ2v) is 11.1. The molecule has 36 heavy (non-hydrogen) atoms. The maximum atomic E-state index is 13.8. The molecule has 10 heteroatoms. The van der Waals surface area contributed by atoms with Gasteiger partial charge in [0.05, 0.1) is 22.9 Å². The number of anilines is 1. The summed E-state index contributed by atoms with van der Waals surface area (Å²) in [6.45, 7) is 1.64. The third kappa shape index (κ3) is 4.23. The van der Waals surface area contributed by atoms with E-state index in [1.807, 2.05) is 11.2 Å². The van der Waals surface area contributed by atoms with Gasteiger partial charge in [-0.25, -0.2) is 21.6 Å². The Morgan fingerprint density at radius 2 is 1.86 bits per heavy atom. The number of hydrogen-bond acceptors (Lipinski definition) is 5. The number of sulfonamides is 1. The zero-order valence-electron chi connectivity index (χ0n) is 19.6. The largest absolute Gasteiger partial charge is 0.395 e. The standard InChI is InChI=1S/C26H26F3N3O3S/c1-16-22-14-30-32(20-6-4-19(27)5-7-20)25(22)12-17-2-3-18(26(16)17)15-31(10-11-33)36(34,35)21-8-9-23(28)24(29)13-21/h4-9,12-14,16,18,30,33H,2-3,10-11,15H2,1H3/t16-,18+/m0/s1. The van der Waals surface area contributed by atoms with Crippen molar-refractivity contribution >= 4 is 15.7 Å². The summed E-state index contributed by atoms with van der Waals surface area (Å²) in [5.41, 5.74) is 8.31. The fraction of sp³-hybridized carbons (Fsp3) is 0.308. The molecule has 0 radical (unpaired) electrons. The molecular formula is C26H26F3N3O3S. The molecule has 0 amide bonds. The van der Waals surface area contributed by atoms with Gasteiger partial charge in [0.15, 0.2) is 11.6 Å². The van der Waals surface area contributed by atoms with Crippen LogP contribution in [0.5, 0.6) is 0 Å². The van der Waals surface area contributed by atoms with E-state index >= 15 is 0 Å². The quantitative estimate of drug-likeness (QED) is 0.575. The van der Waals surface area contributed by atoms with Gasteiger partial charge in [0.25, 0.3) is 0 Å². The van der Waals surface area contributed by atoms with E-state index in [-0.39, 0.29) is 35.6 Å². The maximum absolute atomic E-state index is 13.8. The highest BCUT2D eigenvalue weighted by Crippen LogP contribution is 2.48. The summed E-state index contributed by atoms with van der Waals surface area (Å²) >= 11 is 0. The summed E-state index contributed by atoms with van der Waals surface area (Å²) in [4.78, 5) is -0.349. The average Bonchev–Trinajstić information content (AvgIpc) is 3.46. The lowest BCUT2D eigenvalue weighted by Crippen LogP contribution is -2.38. The minimum atomic E-state index is -4.15. The average molecular weight is 518 g/mol. The van der Waals surface area contributed by atoms with E-state index in [1.54, 1.807) is 12.1 Å². The lowest BCUT2D eigenvalue weighted by Gasteiger charge is -2.32. The predicted octanol–water partition coefficient (Wildman–Crippen LogP) is 4.24. The van der Waals surface area contributed by atoms with Crippen molar-refractivity contribution in [2.45, 2.75) is 24.7 Å². The van der Waals surface area contributed by atoms with Gasteiger partial charge < -0.3 is 10.5 Å². The zero-order chi connectivity index (χ0) is 25.6. The van der Waals surface area contributed by atoms with E-state index in [4.69, 9.17) is 0 Å². The summed E-state index contributed by atoms with van der Waals surface area (Å²) < 4.78 is 68.3. The molecule has 0 saturated heterocycles. The molecule has 0 fully saturated rings. The normalized spacial score (nSPS) is 21.3. The molecule has 0 bridgehead atoms. The second-order valence-electron chi connectivity index (χ2n) is 9.17. The van der Waals surface area contributed by atoms with Gasteiger partial charge in [-0.2, -0.15) is 4.31 Å². The van der Waals surface area contributed by atoms with Crippen molar-refractivity contribution in [3.63, 3.8) is 0 Å². The van der Waals surface area contributed by atoms with E-state index in [2.05, 4.69) is 18.4 Å². The first kappa shape index (κ1) is 24.6. The summed E-state index contributed by atoms with van der Waals surface area (Å²) in [5.74, 6) is -2.77. The Hall–Kier alpha value is -3.08. The van der Waals surface area contributed by atoms with Crippen LogP contribution in [0, 0.1) is 29.3 Å². The van der Waals surface area contributed by atoms with E-state index in [0.29, 0.717) is 6.07 Å². The highest BCUT2D eigenvalue weighted by atomic mass is 32.2. The number of allylic oxidation sites excluding steroid dienone is 3. The SMILES string of the molecule is C[C@H]1C2=CNN(c3ccc(F)cc3)C2=CC2=C1[C@@H](CN(CCO)S(=O)(=O)c1ccc(F)c(F)c1)CC2. The molecule has 0 aromatic heterocycles. The molecule has 0 unspecified atom stereocenters. The second kappa shape index (κ2) is 9.42. The van der Waals surface area contributed by atoms with Gasteiger partial charge in [0.1, 0.15) is 5.82 Å². The molecular weight excluding hydrogens is 491 g/mol. The van der Waals surface area contributed by atoms with Crippen LogP contribution >= 0.6 is 0 Å². The molecule has 0 saturated carbocycles. The number of aliphatic hydroxyl groups is 1. The fourth-order valence-electron chi connectivity index (χ4n) is 5.36. The van der Waals surface area contributed by atoms with Crippen LogP contribution < -0.4 is 10.4 Å². The maximum Gasteiger partial charge on any atom is 0.243 e. The van der Waals surface area contributed by atoms with Gasteiger partial charge in [0, 0.05) is 30.8 Å². The number of aliphatic hydroxyl groups excluding tert-OH is 1. The van der Waals surface area contributed by atoms with Gasteiger partial charge in [-0.1, -0.05) is 12.5 Å². The molecule has 6 nitrogen and oxygen atoms in total. The molecule has 2 atom stereocenters. The monoisotopic (exact) mass is 517 g/mol. The molecule has 1 heterocycles. The number of rotatable bonds is 7. The summed E-state index contributed by atoms with van der Waals surface area (Å²) in [5, 5.41) is 11.5. The van der Waals surface area contributed by atoms with Crippen molar-refractivity contribution in [3.8, 4) is 0 Å². The first-order chi connectivity index (χ1) is 17.2. The Morgan fingerprint density at radius 1 is 1.11 bits per heavy atom. The van der Waals surface area contributed by atoms with Crippen LogP contribution in [-0.4, -0.2) is 37.5 Å². The molecule has 3 aliphatic rings. The number of benzene rings is 2. The first-order valence-corrected chi connectivity index (χ1v) is 13.2. The highest BCUT2D eigenvalue weighted by molar-refractivity contribution is 7.89. The number of hydrogen-bond donors (Lipinski definition) is 2. The lowest BCUT2D eigenvalue weighted by molar-refractivity contribution is 0.243. The third-order valence-corrected chi connectivity index (χ3v) is 8.95. The van der Waals surface area contributed by atoms with Crippen LogP contribution in [0.15, 0.2) is 82.1 Å². The van der Waals surface area contributed by atoms with Crippen LogP contribution in [0.25, 0.3) is 0 Å². The topological polar surface area (TPSA) is 72.9 Å².